The van der Waals surface area contributed by atoms with Crippen LogP contribution in [0.3, 0.4) is 0 Å². The van der Waals surface area contributed by atoms with E-state index in [4.69, 9.17) is 0 Å². The largest absolute Gasteiger partial charge is 0.504 e. The first-order valence-electron chi connectivity index (χ1n) is 9.03. The molecule has 3 N–H and O–H groups in total. The van der Waals surface area contributed by atoms with Crippen LogP contribution in [0.1, 0.15) is 42.6 Å². The minimum absolute atomic E-state index is 0.130. The summed E-state index contributed by atoms with van der Waals surface area (Å²) in [7, 11) is 0. The number of hydrogen-bond acceptors (Lipinski definition) is 4. The highest BCUT2D eigenvalue weighted by Crippen LogP contribution is 2.49. The monoisotopic (exact) mass is 354 g/mol. The fourth-order valence-corrected chi connectivity index (χ4v) is 4.34. The summed E-state index contributed by atoms with van der Waals surface area (Å²) in [5.41, 5.74) is 5.39. The first-order chi connectivity index (χ1) is 12.6. The van der Waals surface area contributed by atoms with Gasteiger partial charge in [0.05, 0.1) is 11.9 Å². The van der Waals surface area contributed by atoms with Gasteiger partial charge < -0.3 is 5.11 Å². The first-order valence-corrected chi connectivity index (χ1v) is 9.03. The summed E-state index contributed by atoms with van der Waals surface area (Å²) in [4.78, 5) is 24.3. The van der Waals surface area contributed by atoms with Crippen molar-refractivity contribution < 1.29 is 14.7 Å². The lowest BCUT2D eigenvalue weighted by atomic mass is 9.86. The Kier molecular flexibility index (Phi) is 4.36. The van der Waals surface area contributed by atoms with Crippen LogP contribution in [-0.4, -0.2) is 26.7 Å². The molecule has 7 nitrogen and oxygen atoms in total. The number of aromatic hydroxyl groups is 1. The van der Waals surface area contributed by atoms with Gasteiger partial charge in [-0.3, -0.25) is 20.4 Å². The third-order valence-electron chi connectivity index (χ3n) is 5.58. The molecule has 1 aromatic heterocycles. The van der Waals surface area contributed by atoms with Gasteiger partial charge >= 0.3 is 0 Å². The van der Waals surface area contributed by atoms with Crippen LogP contribution in [-0.2, 0) is 4.79 Å². The number of benzene rings is 1. The second-order valence-electron chi connectivity index (χ2n) is 7.28. The number of amides is 2. The molecule has 26 heavy (non-hydrogen) atoms. The third-order valence-corrected chi connectivity index (χ3v) is 5.58. The van der Waals surface area contributed by atoms with Crippen molar-refractivity contribution in [3.05, 3.63) is 42.2 Å². The van der Waals surface area contributed by atoms with Crippen molar-refractivity contribution in [1.82, 2.24) is 20.6 Å². The van der Waals surface area contributed by atoms with E-state index in [0.717, 1.165) is 18.0 Å². The summed E-state index contributed by atoms with van der Waals surface area (Å²) >= 11 is 0. The number of nitrogens with one attached hydrogen (secondary N) is 2. The molecule has 2 aliphatic rings. The number of carbonyl (C=O) groups excluding carboxylic acids is 2. The van der Waals surface area contributed by atoms with Crippen LogP contribution in [0.5, 0.6) is 5.75 Å². The average Bonchev–Trinajstić information content (AvgIpc) is 3.36. The quantitative estimate of drug-likeness (QED) is 0.733. The lowest BCUT2D eigenvalue weighted by molar-refractivity contribution is -0.123. The van der Waals surface area contributed by atoms with E-state index in [1.807, 2.05) is 30.3 Å². The van der Waals surface area contributed by atoms with E-state index in [9.17, 15) is 14.7 Å². The zero-order valence-corrected chi connectivity index (χ0v) is 14.4. The first kappa shape index (κ1) is 16.6. The number of fused-ring (bicyclic) bond motifs is 2. The smallest absolute Gasteiger partial charge is 0.294 e. The van der Waals surface area contributed by atoms with E-state index in [1.165, 1.54) is 30.1 Å². The van der Waals surface area contributed by atoms with Crippen LogP contribution in [0.25, 0.3) is 5.69 Å². The molecule has 4 rings (SSSR count). The van der Waals surface area contributed by atoms with E-state index in [-0.39, 0.29) is 17.4 Å². The van der Waals surface area contributed by atoms with E-state index < -0.39 is 5.91 Å². The SMILES string of the molecule is O=C(C[C@@H]1C[C@H]2CC[C@H]1C2)NNC(=O)c1nn(-c2ccccc2)cc1O. The number of hydrogen-bond donors (Lipinski definition) is 3. The highest BCUT2D eigenvalue weighted by molar-refractivity contribution is 5.95. The van der Waals surface area contributed by atoms with Crippen molar-refractivity contribution in [1.29, 1.82) is 0 Å². The Morgan fingerprint density at radius 1 is 1.15 bits per heavy atom. The predicted octanol–water partition coefficient (Wildman–Crippen LogP) is 2.17. The Bertz CT molecular complexity index is 817. The van der Waals surface area contributed by atoms with Crippen molar-refractivity contribution in [2.75, 3.05) is 0 Å². The number of nitrogens with zero attached hydrogens (tertiary/aromatic N) is 2. The van der Waals surface area contributed by atoms with Gasteiger partial charge in [-0.25, -0.2) is 4.68 Å². The molecule has 136 valence electrons. The van der Waals surface area contributed by atoms with Crippen LogP contribution in [0, 0.1) is 17.8 Å². The lowest BCUT2D eigenvalue weighted by Gasteiger charge is -2.20. The summed E-state index contributed by atoms with van der Waals surface area (Å²) in [6.45, 7) is 0. The predicted molar refractivity (Wildman–Crippen MR) is 94.4 cm³/mol. The molecule has 1 aromatic carbocycles. The number of aromatic nitrogens is 2. The van der Waals surface area contributed by atoms with E-state index in [2.05, 4.69) is 16.0 Å². The van der Waals surface area contributed by atoms with Gasteiger partial charge in [0.15, 0.2) is 11.4 Å². The fraction of sp³-hybridized carbons (Fsp3) is 0.421. The molecule has 0 aliphatic heterocycles. The summed E-state index contributed by atoms with van der Waals surface area (Å²) in [5, 5.41) is 14.1. The minimum Gasteiger partial charge on any atom is -0.504 e. The normalized spacial score (nSPS) is 23.8. The Labute approximate surface area is 151 Å². The number of para-hydroxylation sites is 1. The molecule has 7 heteroatoms. The topological polar surface area (TPSA) is 96.3 Å². The molecule has 0 radical (unpaired) electrons. The van der Waals surface area contributed by atoms with Crippen LogP contribution in [0.15, 0.2) is 36.5 Å². The minimum atomic E-state index is -0.640. The van der Waals surface area contributed by atoms with Gasteiger partial charge in [0.1, 0.15) is 0 Å². The van der Waals surface area contributed by atoms with Crippen LogP contribution in [0.4, 0.5) is 0 Å². The maximum atomic E-state index is 12.2. The Morgan fingerprint density at radius 3 is 2.65 bits per heavy atom. The van der Waals surface area contributed by atoms with Gasteiger partial charge in [-0.1, -0.05) is 24.6 Å². The average molecular weight is 354 g/mol. The molecular formula is C19H22N4O3. The summed E-state index contributed by atoms with van der Waals surface area (Å²) < 4.78 is 1.42. The third kappa shape index (κ3) is 3.29. The molecule has 2 saturated carbocycles. The lowest BCUT2D eigenvalue weighted by Crippen LogP contribution is -2.42. The molecule has 2 bridgehead atoms. The number of hydrazine groups is 1. The molecule has 0 unspecified atom stereocenters. The van der Waals surface area contributed by atoms with Crippen molar-refractivity contribution in [2.45, 2.75) is 32.1 Å². The van der Waals surface area contributed by atoms with Gasteiger partial charge in [-0.2, -0.15) is 5.10 Å². The standard InChI is InChI=1S/C19H22N4O3/c24-16-11-23(15-4-2-1-3-5-15)22-18(16)19(26)21-20-17(25)10-14-9-12-6-7-13(14)8-12/h1-5,11-14,24H,6-10H2,(H,20,25)(H,21,26)/t12-,13-,14-/m0/s1. The molecular weight excluding hydrogens is 332 g/mol. The molecule has 2 amide bonds. The van der Waals surface area contributed by atoms with E-state index >= 15 is 0 Å². The molecule has 0 saturated heterocycles. The Morgan fingerprint density at radius 2 is 1.96 bits per heavy atom. The van der Waals surface area contributed by atoms with Crippen molar-refractivity contribution in [3.8, 4) is 11.4 Å². The molecule has 2 fully saturated rings. The fourth-order valence-electron chi connectivity index (χ4n) is 4.34. The number of carbonyl (C=O) groups is 2. The van der Waals surface area contributed by atoms with E-state index in [0.29, 0.717) is 18.3 Å². The van der Waals surface area contributed by atoms with Crippen molar-refractivity contribution in [2.24, 2.45) is 17.8 Å². The second kappa shape index (κ2) is 6.82. The zero-order chi connectivity index (χ0) is 18.1. The van der Waals surface area contributed by atoms with Crippen LogP contribution >= 0.6 is 0 Å². The van der Waals surface area contributed by atoms with Gasteiger partial charge in [0.2, 0.25) is 5.91 Å². The van der Waals surface area contributed by atoms with Crippen molar-refractivity contribution in [3.63, 3.8) is 0 Å². The maximum Gasteiger partial charge on any atom is 0.294 e. The van der Waals surface area contributed by atoms with Gasteiger partial charge in [-0.05, 0) is 49.1 Å². The Balaban J connectivity index is 1.33. The highest BCUT2D eigenvalue weighted by Gasteiger charge is 2.40. The number of rotatable bonds is 4. The van der Waals surface area contributed by atoms with Crippen LogP contribution < -0.4 is 10.9 Å². The van der Waals surface area contributed by atoms with Gasteiger partial charge in [-0.15, -0.1) is 0 Å². The van der Waals surface area contributed by atoms with Crippen LogP contribution in [0.2, 0.25) is 0 Å². The van der Waals surface area contributed by atoms with Crippen molar-refractivity contribution >= 4 is 11.8 Å². The van der Waals surface area contributed by atoms with Gasteiger partial charge in [0, 0.05) is 6.42 Å². The summed E-state index contributed by atoms with van der Waals surface area (Å²) in [6.07, 6.45) is 6.68. The highest BCUT2D eigenvalue weighted by atomic mass is 16.3. The zero-order valence-electron chi connectivity index (χ0n) is 14.4. The summed E-state index contributed by atoms with van der Waals surface area (Å²) in [5.74, 6) is 0.791. The molecule has 3 atom stereocenters. The molecule has 1 heterocycles. The molecule has 0 spiro atoms. The molecule has 2 aliphatic carbocycles. The molecule has 2 aromatic rings. The van der Waals surface area contributed by atoms with Gasteiger partial charge in [0.25, 0.3) is 5.91 Å². The maximum absolute atomic E-state index is 12.2. The Hall–Kier alpha value is -2.83. The van der Waals surface area contributed by atoms with E-state index in [1.54, 1.807) is 0 Å². The summed E-state index contributed by atoms with van der Waals surface area (Å²) in [6, 6.07) is 9.16. The second-order valence-corrected chi connectivity index (χ2v) is 7.28.